The Morgan fingerprint density at radius 2 is 2.10 bits per heavy atom. The molecule has 0 saturated heterocycles. The third kappa shape index (κ3) is 2.98. The Morgan fingerprint density at radius 1 is 1.29 bits per heavy atom. The fraction of sp³-hybridized carbons (Fsp3) is 0.643. The third-order valence-corrected chi connectivity index (χ3v) is 4.34. The Bertz CT molecular complexity index is 640. The van der Waals surface area contributed by atoms with Gasteiger partial charge < -0.3 is 10.4 Å². The number of aliphatic hydroxyl groups is 1. The van der Waals surface area contributed by atoms with Crippen LogP contribution in [0.5, 0.6) is 0 Å². The molecule has 0 aromatic carbocycles. The predicted molar refractivity (Wildman–Crippen MR) is 84.0 cm³/mol. The molecule has 0 radical (unpaired) electrons. The number of nitrogens with one attached hydrogen (secondary N) is 1. The zero-order chi connectivity index (χ0) is 14.8. The first-order chi connectivity index (χ1) is 10.2. The average molecular weight is 307 g/mol. The molecule has 114 valence electrons. The van der Waals surface area contributed by atoms with Gasteiger partial charge in [-0.2, -0.15) is 9.50 Å². The van der Waals surface area contributed by atoms with E-state index < -0.39 is 0 Å². The van der Waals surface area contributed by atoms with Crippen molar-refractivity contribution in [2.45, 2.75) is 49.9 Å². The number of aromatic nitrogens is 4. The molecule has 0 bridgehead atoms. The normalized spacial score (nSPS) is 14.7. The lowest BCUT2D eigenvalue weighted by Crippen LogP contribution is -2.17. The summed E-state index contributed by atoms with van der Waals surface area (Å²) in [7, 11) is 0. The van der Waals surface area contributed by atoms with E-state index in [9.17, 15) is 0 Å². The molecule has 2 aromatic rings. The van der Waals surface area contributed by atoms with E-state index in [2.05, 4.69) is 34.2 Å². The van der Waals surface area contributed by atoms with Gasteiger partial charge in [-0.1, -0.05) is 25.6 Å². The minimum absolute atomic E-state index is 0.0981. The Labute approximate surface area is 128 Å². The van der Waals surface area contributed by atoms with Crippen LogP contribution in [-0.2, 0) is 12.8 Å². The third-order valence-electron chi connectivity index (χ3n) is 3.49. The average Bonchev–Trinajstić information content (AvgIpc) is 2.84. The standard InChI is InChI=1S/C14H21N5OS/c1-9(2)21-14-17-13-16-11-6-4-3-5-10(11)12(15-7-8-20)19(13)18-14/h9,15,20H,3-8H2,1-2H3. The van der Waals surface area contributed by atoms with E-state index in [1.165, 1.54) is 18.4 Å². The number of rotatable bonds is 5. The summed E-state index contributed by atoms with van der Waals surface area (Å²) in [5.74, 6) is 1.60. The lowest BCUT2D eigenvalue weighted by molar-refractivity contribution is 0.311. The molecule has 0 aliphatic heterocycles. The van der Waals surface area contributed by atoms with Crippen molar-refractivity contribution in [2.24, 2.45) is 0 Å². The van der Waals surface area contributed by atoms with Gasteiger partial charge in [0.2, 0.25) is 5.16 Å². The van der Waals surface area contributed by atoms with Gasteiger partial charge in [-0.25, -0.2) is 4.98 Å². The molecular formula is C14H21N5OS. The second kappa shape index (κ2) is 6.19. The zero-order valence-electron chi connectivity index (χ0n) is 12.5. The first-order valence-electron chi connectivity index (χ1n) is 7.49. The molecule has 0 unspecified atom stereocenters. The SMILES string of the molecule is CC(C)Sc1nc2nc3c(c(NCCO)n2n1)CCCC3. The van der Waals surface area contributed by atoms with Crippen LogP contribution in [-0.4, -0.2) is 43.1 Å². The maximum atomic E-state index is 9.10. The molecule has 0 spiro atoms. The molecule has 0 saturated carbocycles. The molecule has 2 heterocycles. The topological polar surface area (TPSA) is 75.3 Å². The van der Waals surface area contributed by atoms with Crippen LogP contribution >= 0.6 is 11.8 Å². The molecule has 0 fully saturated rings. The molecule has 2 N–H and O–H groups in total. The Hall–Kier alpha value is -1.34. The summed E-state index contributed by atoms with van der Waals surface area (Å²) < 4.78 is 1.80. The highest BCUT2D eigenvalue weighted by Gasteiger charge is 2.20. The Balaban J connectivity index is 2.09. The number of hydrogen-bond donors (Lipinski definition) is 2. The van der Waals surface area contributed by atoms with Crippen LogP contribution in [0.15, 0.2) is 5.16 Å². The molecule has 3 rings (SSSR count). The van der Waals surface area contributed by atoms with E-state index in [1.807, 2.05) is 0 Å². The monoisotopic (exact) mass is 307 g/mol. The summed E-state index contributed by atoms with van der Waals surface area (Å²) in [6, 6.07) is 0. The van der Waals surface area contributed by atoms with Gasteiger partial charge in [0.05, 0.1) is 12.3 Å². The maximum Gasteiger partial charge on any atom is 0.255 e. The number of thioether (sulfide) groups is 1. The van der Waals surface area contributed by atoms with Crippen molar-refractivity contribution in [1.82, 2.24) is 19.6 Å². The van der Waals surface area contributed by atoms with Gasteiger partial charge in [0.1, 0.15) is 5.82 Å². The lowest BCUT2D eigenvalue weighted by atomic mass is 9.96. The molecule has 21 heavy (non-hydrogen) atoms. The van der Waals surface area contributed by atoms with Gasteiger partial charge in [0.25, 0.3) is 5.78 Å². The molecular weight excluding hydrogens is 286 g/mol. The van der Waals surface area contributed by atoms with Crippen LogP contribution in [0.4, 0.5) is 5.82 Å². The van der Waals surface area contributed by atoms with Gasteiger partial charge in [0.15, 0.2) is 0 Å². The van der Waals surface area contributed by atoms with E-state index in [4.69, 9.17) is 5.11 Å². The van der Waals surface area contributed by atoms with Crippen molar-refractivity contribution < 1.29 is 5.11 Å². The molecule has 2 aromatic heterocycles. The number of fused-ring (bicyclic) bond motifs is 2. The van der Waals surface area contributed by atoms with Crippen LogP contribution in [0.2, 0.25) is 0 Å². The minimum atomic E-state index is 0.0981. The Kier molecular flexibility index (Phi) is 4.30. The summed E-state index contributed by atoms with van der Waals surface area (Å²) in [5, 5.41) is 18.2. The second-order valence-electron chi connectivity index (χ2n) is 5.52. The predicted octanol–water partition coefficient (Wildman–Crippen LogP) is 1.91. The number of nitrogens with zero attached hydrogens (tertiary/aromatic N) is 4. The van der Waals surface area contributed by atoms with E-state index >= 15 is 0 Å². The molecule has 1 aliphatic carbocycles. The smallest absolute Gasteiger partial charge is 0.255 e. The highest BCUT2D eigenvalue weighted by atomic mass is 32.2. The minimum Gasteiger partial charge on any atom is -0.395 e. The summed E-state index contributed by atoms with van der Waals surface area (Å²) in [6.07, 6.45) is 4.37. The molecule has 0 amide bonds. The first-order valence-corrected chi connectivity index (χ1v) is 8.37. The van der Waals surface area contributed by atoms with Crippen molar-refractivity contribution in [1.29, 1.82) is 0 Å². The van der Waals surface area contributed by atoms with E-state index in [-0.39, 0.29) is 6.61 Å². The van der Waals surface area contributed by atoms with Gasteiger partial charge in [-0.15, -0.1) is 5.10 Å². The van der Waals surface area contributed by atoms with E-state index in [0.717, 1.165) is 29.5 Å². The largest absolute Gasteiger partial charge is 0.395 e. The molecule has 0 atom stereocenters. The van der Waals surface area contributed by atoms with Crippen molar-refractivity contribution in [2.75, 3.05) is 18.5 Å². The molecule has 7 heteroatoms. The van der Waals surface area contributed by atoms with Crippen LogP contribution < -0.4 is 5.32 Å². The van der Waals surface area contributed by atoms with Gasteiger partial charge >= 0.3 is 0 Å². The Morgan fingerprint density at radius 3 is 2.86 bits per heavy atom. The van der Waals surface area contributed by atoms with Crippen LogP contribution in [0, 0.1) is 0 Å². The maximum absolute atomic E-state index is 9.10. The second-order valence-corrected chi connectivity index (χ2v) is 7.06. The van der Waals surface area contributed by atoms with Crippen molar-refractivity contribution in [3.8, 4) is 0 Å². The van der Waals surface area contributed by atoms with Crippen molar-refractivity contribution in [3.05, 3.63) is 11.3 Å². The summed E-state index contributed by atoms with van der Waals surface area (Å²) in [5.41, 5.74) is 2.36. The molecule has 6 nitrogen and oxygen atoms in total. The fourth-order valence-corrected chi connectivity index (χ4v) is 3.33. The van der Waals surface area contributed by atoms with Gasteiger partial charge in [-0.05, 0) is 25.7 Å². The zero-order valence-corrected chi connectivity index (χ0v) is 13.3. The van der Waals surface area contributed by atoms with Crippen LogP contribution in [0.1, 0.15) is 37.9 Å². The highest BCUT2D eigenvalue weighted by Crippen LogP contribution is 2.28. The highest BCUT2D eigenvalue weighted by molar-refractivity contribution is 7.99. The number of anilines is 1. The van der Waals surface area contributed by atoms with Crippen LogP contribution in [0.3, 0.4) is 0 Å². The summed E-state index contributed by atoms with van der Waals surface area (Å²) >= 11 is 1.64. The number of hydrogen-bond acceptors (Lipinski definition) is 6. The van der Waals surface area contributed by atoms with Crippen molar-refractivity contribution in [3.63, 3.8) is 0 Å². The molecule has 1 aliphatic rings. The van der Waals surface area contributed by atoms with Crippen molar-refractivity contribution >= 4 is 23.4 Å². The number of aliphatic hydroxyl groups excluding tert-OH is 1. The van der Waals surface area contributed by atoms with E-state index in [0.29, 0.717) is 17.6 Å². The van der Waals surface area contributed by atoms with Gasteiger partial charge in [0, 0.05) is 17.4 Å². The van der Waals surface area contributed by atoms with Crippen LogP contribution in [0.25, 0.3) is 5.78 Å². The summed E-state index contributed by atoms with van der Waals surface area (Å²) in [6.45, 7) is 4.86. The lowest BCUT2D eigenvalue weighted by Gasteiger charge is -2.19. The van der Waals surface area contributed by atoms with Gasteiger partial charge in [-0.3, -0.25) is 0 Å². The fourth-order valence-electron chi connectivity index (χ4n) is 2.64. The van der Waals surface area contributed by atoms with E-state index in [1.54, 1.807) is 16.3 Å². The number of aryl methyl sites for hydroxylation is 1. The summed E-state index contributed by atoms with van der Waals surface area (Å²) in [4.78, 5) is 9.22. The first kappa shape index (κ1) is 14.6. The quantitative estimate of drug-likeness (QED) is 0.822.